The first kappa shape index (κ1) is 9.93. The van der Waals surface area contributed by atoms with Crippen molar-refractivity contribution in [2.75, 3.05) is 6.61 Å². The monoisotopic (exact) mass is 178 g/mol. The van der Waals surface area contributed by atoms with E-state index in [9.17, 15) is 4.79 Å². The fourth-order valence-electron chi connectivity index (χ4n) is 1.42. The quantitative estimate of drug-likeness (QED) is 0.762. The third-order valence-corrected chi connectivity index (χ3v) is 2.11. The molecular weight excluding hydrogens is 164 g/mol. The number of hydrogen-bond acceptors (Lipinski definition) is 2. The molecular formula is C11H14O2. The van der Waals surface area contributed by atoms with E-state index >= 15 is 0 Å². The summed E-state index contributed by atoms with van der Waals surface area (Å²) in [6, 6.07) is 9.56. The number of rotatable bonds is 4. The molecule has 1 unspecified atom stereocenters. The molecule has 13 heavy (non-hydrogen) atoms. The van der Waals surface area contributed by atoms with Crippen molar-refractivity contribution in [3.63, 3.8) is 0 Å². The lowest BCUT2D eigenvalue weighted by Crippen LogP contribution is -2.10. The molecule has 0 aliphatic carbocycles. The van der Waals surface area contributed by atoms with E-state index < -0.39 is 0 Å². The van der Waals surface area contributed by atoms with E-state index in [0.29, 0.717) is 6.42 Å². The lowest BCUT2D eigenvalue weighted by atomic mass is 9.93. The molecule has 0 heterocycles. The van der Waals surface area contributed by atoms with Gasteiger partial charge in [-0.3, -0.25) is 4.79 Å². The highest BCUT2D eigenvalue weighted by Gasteiger charge is 2.14. The van der Waals surface area contributed by atoms with E-state index in [1.165, 1.54) is 0 Å². The maximum absolute atomic E-state index is 11.2. The molecule has 1 aromatic carbocycles. The molecule has 0 aliphatic rings. The summed E-state index contributed by atoms with van der Waals surface area (Å²) in [5.41, 5.74) is 0.990. The Kier molecular flexibility index (Phi) is 3.65. The minimum Gasteiger partial charge on any atom is -0.396 e. The Morgan fingerprint density at radius 2 is 2.00 bits per heavy atom. The lowest BCUT2D eigenvalue weighted by Gasteiger charge is -2.11. The van der Waals surface area contributed by atoms with Crippen LogP contribution >= 0.6 is 0 Å². The SMILES string of the molecule is CC(=O)C(CCO)c1ccccc1. The van der Waals surface area contributed by atoms with Gasteiger partial charge >= 0.3 is 0 Å². The van der Waals surface area contributed by atoms with Crippen LogP contribution in [0.5, 0.6) is 0 Å². The number of hydrogen-bond donors (Lipinski definition) is 1. The Morgan fingerprint density at radius 3 is 2.46 bits per heavy atom. The lowest BCUT2D eigenvalue weighted by molar-refractivity contribution is -0.118. The van der Waals surface area contributed by atoms with Crippen molar-refractivity contribution in [3.05, 3.63) is 35.9 Å². The fraction of sp³-hybridized carbons (Fsp3) is 0.364. The molecule has 0 aromatic heterocycles. The standard InChI is InChI=1S/C11H14O2/c1-9(13)11(7-8-12)10-5-3-2-4-6-10/h2-6,11-12H,7-8H2,1H3. The van der Waals surface area contributed by atoms with Crippen LogP contribution in [0.2, 0.25) is 0 Å². The molecule has 1 rings (SSSR count). The Hall–Kier alpha value is -1.15. The normalized spacial score (nSPS) is 12.5. The third kappa shape index (κ3) is 2.67. The number of ketones is 1. The molecule has 0 fully saturated rings. The van der Waals surface area contributed by atoms with Crippen molar-refractivity contribution in [2.45, 2.75) is 19.3 Å². The van der Waals surface area contributed by atoms with Gasteiger partial charge in [0, 0.05) is 12.5 Å². The Morgan fingerprint density at radius 1 is 1.38 bits per heavy atom. The van der Waals surface area contributed by atoms with Crippen molar-refractivity contribution in [2.24, 2.45) is 0 Å². The highest BCUT2D eigenvalue weighted by Crippen LogP contribution is 2.19. The Labute approximate surface area is 78.2 Å². The molecule has 1 N–H and O–H groups in total. The first-order valence-corrected chi connectivity index (χ1v) is 4.42. The second kappa shape index (κ2) is 4.77. The molecule has 1 aromatic rings. The van der Waals surface area contributed by atoms with Gasteiger partial charge in [-0.2, -0.15) is 0 Å². The van der Waals surface area contributed by atoms with Crippen LogP contribution < -0.4 is 0 Å². The van der Waals surface area contributed by atoms with Crippen molar-refractivity contribution in [1.29, 1.82) is 0 Å². The van der Waals surface area contributed by atoms with Crippen LogP contribution in [0.1, 0.15) is 24.8 Å². The van der Waals surface area contributed by atoms with Crippen molar-refractivity contribution in [3.8, 4) is 0 Å². The van der Waals surface area contributed by atoms with Gasteiger partial charge in [-0.25, -0.2) is 0 Å². The number of Topliss-reactive ketones (excluding diaryl/α,β-unsaturated/α-hetero) is 1. The van der Waals surface area contributed by atoms with Crippen molar-refractivity contribution < 1.29 is 9.90 Å². The van der Waals surface area contributed by atoms with Crippen LogP contribution in [0, 0.1) is 0 Å². The van der Waals surface area contributed by atoms with E-state index in [4.69, 9.17) is 5.11 Å². The van der Waals surface area contributed by atoms with Crippen LogP contribution in [-0.2, 0) is 4.79 Å². The van der Waals surface area contributed by atoms with Crippen molar-refractivity contribution in [1.82, 2.24) is 0 Å². The largest absolute Gasteiger partial charge is 0.396 e. The first-order chi connectivity index (χ1) is 6.25. The molecule has 0 spiro atoms. The van der Waals surface area contributed by atoms with Gasteiger partial charge in [0.2, 0.25) is 0 Å². The maximum atomic E-state index is 11.2. The minimum atomic E-state index is -0.147. The zero-order valence-corrected chi connectivity index (χ0v) is 7.73. The van der Waals surface area contributed by atoms with Crippen LogP contribution in [0.15, 0.2) is 30.3 Å². The van der Waals surface area contributed by atoms with Gasteiger partial charge in [-0.05, 0) is 18.9 Å². The first-order valence-electron chi connectivity index (χ1n) is 4.42. The third-order valence-electron chi connectivity index (χ3n) is 2.11. The van der Waals surface area contributed by atoms with Gasteiger partial charge in [0.05, 0.1) is 0 Å². The summed E-state index contributed by atoms with van der Waals surface area (Å²) in [7, 11) is 0. The zero-order chi connectivity index (χ0) is 9.68. The van der Waals surface area contributed by atoms with Gasteiger partial charge in [-0.15, -0.1) is 0 Å². The predicted octanol–water partition coefficient (Wildman–Crippen LogP) is 1.74. The van der Waals surface area contributed by atoms with Gasteiger partial charge in [0.25, 0.3) is 0 Å². The summed E-state index contributed by atoms with van der Waals surface area (Å²) in [6.45, 7) is 1.62. The molecule has 0 aliphatic heterocycles. The second-order valence-corrected chi connectivity index (χ2v) is 3.09. The van der Waals surface area contributed by atoms with Crippen LogP contribution in [-0.4, -0.2) is 17.5 Å². The molecule has 70 valence electrons. The fourth-order valence-corrected chi connectivity index (χ4v) is 1.42. The highest BCUT2D eigenvalue weighted by molar-refractivity contribution is 5.83. The topological polar surface area (TPSA) is 37.3 Å². The smallest absolute Gasteiger partial charge is 0.137 e. The summed E-state index contributed by atoms with van der Waals surface area (Å²) in [5.74, 6) is -0.0357. The highest BCUT2D eigenvalue weighted by atomic mass is 16.3. The second-order valence-electron chi connectivity index (χ2n) is 3.09. The van der Waals surface area contributed by atoms with Crippen molar-refractivity contribution >= 4 is 5.78 Å². The minimum absolute atomic E-state index is 0.0547. The predicted molar refractivity (Wildman–Crippen MR) is 51.6 cm³/mol. The number of carbonyl (C=O) groups excluding carboxylic acids is 1. The Bertz CT molecular complexity index is 267. The van der Waals surface area contributed by atoms with Gasteiger partial charge in [0.15, 0.2) is 0 Å². The van der Waals surface area contributed by atoms with E-state index in [-0.39, 0.29) is 18.3 Å². The number of aliphatic hydroxyl groups excluding tert-OH is 1. The van der Waals surface area contributed by atoms with E-state index in [0.717, 1.165) is 5.56 Å². The van der Waals surface area contributed by atoms with Crippen LogP contribution in [0.3, 0.4) is 0 Å². The molecule has 0 saturated heterocycles. The molecule has 2 heteroatoms. The van der Waals surface area contributed by atoms with Gasteiger partial charge in [0.1, 0.15) is 5.78 Å². The van der Waals surface area contributed by atoms with Crippen LogP contribution in [0.4, 0.5) is 0 Å². The van der Waals surface area contributed by atoms with Crippen LogP contribution in [0.25, 0.3) is 0 Å². The van der Waals surface area contributed by atoms with Gasteiger partial charge < -0.3 is 5.11 Å². The Balaban J connectivity index is 2.82. The average molecular weight is 178 g/mol. The summed E-state index contributed by atoms with van der Waals surface area (Å²) in [4.78, 5) is 11.2. The molecule has 0 radical (unpaired) electrons. The maximum Gasteiger partial charge on any atom is 0.137 e. The summed E-state index contributed by atoms with van der Waals surface area (Å²) < 4.78 is 0. The van der Waals surface area contributed by atoms with E-state index in [1.54, 1.807) is 6.92 Å². The number of benzene rings is 1. The van der Waals surface area contributed by atoms with Gasteiger partial charge in [-0.1, -0.05) is 30.3 Å². The molecule has 0 amide bonds. The molecule has 2 nitrogen and oxygen atoms in total. The summed E-state index contributed by atoms with van der Waals surface area (Å²) >= 11 is 0. The van der Waals surface area contributed by atoms with E-state index in [1.807, 2.05) is 30.3 Å². The zero-order valence-electron chi connectivity index (χ0n) is 7.73. The summed E-state index contributed by atoms with van der Waals surface area (Å²) in [6.07, 6.45) is 0.513. The number of aliphatic hydroxyl groups is 1. The molecule has 0 bridgehead atoms. The summed E-state index contributed by atoms with van der Waals surface area (Å²) in [5, 5.41) is 8.79. The molecule has 0 saturated carbocycles. The van der Waals surface area contributed by atoms with E-state index in [2.05, 4.69) is 0 Å². The average Bonchev–Trinajstić information content (AvgIpc) is 2.15. The number of carbonyl (C=O) groups is 1. The molecule has 1 atom stereocenters.